The van der Waals surface area contributed by atoms with Gasteiger partial charge in [-0.05, 0) is 48.1 Å². The summed E-state index contributed by atoms with van der Waals surface area (Å²) in [5.74, 6) is -0.426. The molecule has 2 aromatic rings. The molecule has 2 aliphatic rings. The second-order valence-electron chi connectivity index (χ2n) is 5.91. The Morgan fingerprint density at radius 3 is 2.67 bits per heavy atom. The van der Waals surface area contributed by atoms with Gasteiger partial charge in [0.15, 0.2) is 4.32 Å². The van der Waals surface area contributed by atoms with Crippen molar-refractivity contribution in [3.8, 4) is 5.75 Å². The molecule has 0 aromatic heterocycles. The van der Waals surface area contributed by atoms with E-state index >= 15 is 0 Å². The average Bonchev–Trinajstić information content (AvgIpc) is 2.95. The lowest BCUT2D eigenvalue weighted by molar-refractivity contribution is -0.113. The van der Waals surface area contributed by atoms with Gasteiger partial charge in [-0.3, -0.25) is 9.69 Å². The third-order valence-corrected chi connectivity index (χ3v) is 5.44. The number of hydrogen-bond donors (Lipinski definition) is 1. The van der Waals surface area contributed by atoms with Gasteiger partial charge in [0.2, 0.25) is 0 Å². The van der Waals surface area contributed by atoms with Crippen LogP contribution in [0.3, 0.4) is 0 Å². The van der Waals surface area contributed by atoms with Gasteiger partial charge in [0.1, 0.15) is 12.4 Å². The number of ether oxygens (including phenoxy) is 1. The molecule has 2 aromatic carbocycles. The second-order valence-corrected chi connectivity index (χ2v) is 7.59. The molecule has 0 aliphatic carbocycles. The first-order chi connectivity index (χ1) is 13.0. The van der Waals surface area contributed by atoms with E-state index in [0.717, 1.165) is 16.9 Å². The van der Waals surface area contributed by atoms with E-state index in [2.05, 4.69) is 0 Å². The predicted octanol–water partition coefficient (Wildman–Crippen LogP) is 4.11. The molecule has 0 atom stereocenters. The highest BCUT2D eigenvalue weighted by Crippen LogP contribution is 2.36. The molecule has 0 saturated carbocycles. The van der Waals surface area contributed by atoms with Crippen LogP contribution in [0.1, 0.15) is 15.9 Å². The number of hydrogen-bond acceptors (Lipinski definition) is 5. The smallest absolute Gasteiger partial charge is 0.335 e. The molecule has 0 unspecified atom stereocenters. The Hall–Kier alpha value is -2.90. The third-order valence-electron chi connectivity index (χ3n) is 4.14. The minimum absolute atomic E-state index is 0.155. The molecular formula is C20H13NO4S2. The van der Waals surface area contributed by atoms with Crippen molar-refractivity contribution in [2.75, 3.05) is 11.5 Å². The van der Waals surface area contributed by atoms with Crippen molar-refractivity contribution >= 4 is 51.9 Å². The monoisotopic (exact) mass is 395 g/mol. The molecule has 1 saturated heterocycles. The van der Waals surface area contributed by atoms with E-state index in [1.807, 2.05) is 30.3 Å². The Balaban J connectivity index is 1.61. The fourth-order valence-electron chi connectivity index (χ4n) is 2.83. The van der Waals surface area contributed by atoms with Crippen molar-refractivity contribution in [3.05, 3.63) is 76.2 Å². The molecule has 5 nitrogen and oxygen atoms in total. The maximum atomic E-state index is 12.8. The lowest BCUT2D eigenvalue weighted by Gasteiger charge is -2.16. The van der Waals surface area contributed by atoms with E-state index in [1.54, 1.807) is 18.2 Å². The molecule has 1 fully saturated rings. The normalized spacial score (nSPS) is 17.6. The van der Waals surface area contributed by atoms with Gasteiger partial charge in [-0.25, -0.2) is 4.79 Å². The average molecular weight is 395 g/mol. The first kappa shape index (κ1) is 17.5. The summed E-state index contributed by atoms with van der Waals surface area (Å²) in [5.41, 5.74) is 2.55. The number of carboxylic acid groups (broad SMARTS) is 1. The first-order valence-corrected chi connectivity index (χ1v) is 9.29. The molecule has 4 rings (SSSR count). The molecule has 2 heterocycles. The molecular weight excluding hydrogens is 382 g/mol. The predicted molar refractivity (Wildman–Crippen MR) is 109 cm³/mol. The number of aromatic carboxylic acids is 1. The van der Waals surface area contributed by atoms with Crippen LogP contribution in [0.2, 0.25) is 0 Å². The van der Waals surface area contributed by atoms with Crippen molar-refractivity contribution in [1.29, 1.82) is 0 Å². The fraction of sp³-hybridized carbons (Fsp3) is 0.0500. The standard InChI is InChI=1S/C20H13NO4S2/c22-18-17(10-12-9-14-3-1-2-4-16(14)25-11-12)27-20(26)21(18)15-7-5-13(6-8-15)19(23)24/h1-10H,11H2,(H,23,24)/b17-10+. The highest BCUT2D eigenvalue weighted by Gasteiger charge is 2.33. The van der Waals surface area contributed by atoms with Gasteiger partial charge in [-0.2, -0.15) is 0 Å². The van der Waals surface area contributed by atoms with E-state index in [9.17, 15) is 9.59 Å². The van der Waals surface area contributed by atoms with Crippen molar-refractivity contribution in [1.82, 2.24) is 0 Å². The van der Waals surface area contributed by atoms with Crippen LogP contribution in [-0.2, 0) is 4.79 Å². The summed E-state index contributed by atoms with van der Waals surface area (Å²) >= 11 is 6.57. The zero-order valence-electron chi connectivity index (χ0n) is 13.9. The number of carbonyl (C=O) groups is 2. The summed E-state index contributed by atoms with van der Waals surface area (Å²) in [4.78, 5) is 25.7. The highest BCUT2D eigenvalue weighted by molar-refractivity contribution is 8.27. The molecule has 0 radical (unpaired) electrons. The van der Waals surface area contributed by atoms with Gasteiger partial charge in [0, 0.05) is 5.56 Å². The van der Waals surface area contributed by atoms with Crippen LogP contribution in [0.25, 0.3) is 6.08 Å². The van der Waals surface area contributed by atoms with Gasteiger partial charge in [-0.1, -0.05) is 42.2 Å². The van der Waals surface area contributed by atoms with Crippen LogP contribution in [0, 0.1) is 0 Å². The number of rotatable bonds is 3. The van der Waals surface area contributed by atoms with E-state index in [-0.39, 0.29) is 11.5 Å². The highest BCUT2D eigenvalue weighted by atomic mass is 32.2. The number of carbonyl (C=O) groups excluding carboxylic acids is 1. The Morgan fingerprint density at radius 1 is 1.19 bits per heavy atom. The summed E-state index contributed by atoms with van der Waals surface area (Å²) in [6.07, 6.45) is 3.79. The summed E-state index contributed by atoms with van der Waals surface area (Å²) in [5, 5.41) is 9.00. The number of anilines is 1. The quantitative estimate of drug-likeness (QED) is 0.623. The summed E-state index contributed by atoms with van der Waals surface area (Å²) < 4.78 is 6.13. The number of carboxylic acids is 1. The van der Waals surface area contributed by atoms with Gasteiger partial charge < -0.3 is 9.84 Å². The Kier molecular flexibility index (Phi) is 4.55. The molecule has 2 aliphatic heterocycles. The number of para-hydroxylation sites is 1. The SMILES string of the molecule is O=C(O)c1ccc(N2C(=O)/C(=C\C3=Cc4ccccc4OC3)SC2=S)cc1. The fourth-order valence-corrected chi connectivity index (χ4v) is 4.14. The molecule has 1 N–H and O–H groups in total. The zero-order valence-corrected chi connectivity index (χ0v) is 15.5. The third kappa shape index (κ3) is 3.39. The van der Waals surface area contributed by atoms with Gasteiger partial charge in [-0.15, -0.1) is 0 Å². The lowest BCUT2D eigenvalue weighted by Crippen LogP contribution is -2.27. The van der Waals surface area contributed by atoms with Crippen LogP contribution in [-0.4, -0.2) is 27.9 Å². The largest absolute Gasteiger partial charge is 0.488 e. The molecule has 0 spiro atoms. The Morgan fingerprint density at radius 2 is 1.93 bits per heavy atom. The van der Waals surface area contributed by atoms with Gasteiger partial charge in [0.25, 0.3) is 5.91 Å². The van der Waals surface area contributed by atoms with Crippen molar-refractivity contribution in [2.24, 2.45) is 0 Å². The van der Waals surface area contributed by atoms with Crippen LogP contribution in [0.4, 0.5) is 5.69 Å². The second kappa shape index (κ2) is 7.02. The summed E-state index contributed by atoms with van der Waals surface area (Å²) in [6.45, 7) is 0.383. The van der Waals surface area contributed by atoms with Crippen molar-refractivity contribution in [2.45, 2.75) is 0 Å². The minimum Gasteiger partial charge on any atom is -0.488 e. The van der Waals surface area contributed by atoms with Crippen LogP contribution >= 0.6 is 24.0 Å². The Bertz CT molecular complexity index is 1020. The van der Waals surface area contributed by atoms with Crippen molar-refractivity contribution < 1.29 is 19.4 Å². The van der Waals surface area contributed by atoms with E-state index in [1.165, 1.54) is 28.8 Å². The maximum Gasteiger partial charge on any atom is 0.335 e. The van der Waals surface area contributed by atoms with E-state index in [0.29, 0.717) is 21.5 Å². The molecule has 27 heavy (non-hydrogen) atoms. The van der Waals surface area contributed by atoms with Crippen LogP contribution < -0.4 is 9.64 Å². The topological polar surface area (TPSA) is 66.8 Å². The van der Waals surface area contributed by atoms with Gasteiger partial charge in [0.05, 0.1) is 16.2 Å². The number of thioether (sulfide) groups is 1. The number of benzene rings is 2. The number of fused-ring (bicyclic) bond motifs is 1. The number of nitrogens with zero attached hydrogens (tertiary/aromatic N) is 1. The number of amides is 1. The molecule has 1 amide bonds. The lowest BCUT2D eigenvalue weighted by atomic mass is 10.1. The molecule has 0 bridgehead atoms. The van der Waals surface area contributed by atoms with Crippen LogP contribution in [0.5, 0.6) is 5.75 Å². The van der Waals surface area contributed by atoms with Gasteiger partial charge >= 0.3 is 5.97 Å². The molecule has 7 heteroatoms. The first-order valence-electron chi connectivity index (χ1n) is 8.06. The minimum atomic E-state index is -1.02. The van der Waals surface area contributed by atoms with E-state index in [4.69, 9.17) is 22.1 Å². The number of thiocarbonyl (C=S) groups is 1. The maximum absolute atomic E-state index is 12.8. The summed E-state index contributed by atoms with van der Waals surface area (Å²) in [7, 11) is 0. The van der Waals surface area contributed by atoms with E-state index < -0.39 is 5.97 Å². The Labute approximate surface area is 164 Å². The summed E-state index contributed by atoms with van der Waals surface area (Å²) in [6, 6.07) is 13.8. The molecule has 134 valence electrons. The van der Waals surface area contributed by atoms with Crippen LogP contribution in [0.15, 0.2) is 65.1 Å². The van der Waals surface area contributed by atoms with Crippen molar-refractivity contribution in [3.63, 3.8) is 0 Å². The zero-order chi connectivity index (χ0) is 19.0.